The fourth-order valence-electron chi connectivity index (χ4n) is 3.47. The highest BCUT2D eigenvalue weighted by atomic mass is 32.2. The summed E-state index contributed by atoms with van der Waals surface area (Å²) in [5.74, 6) is 0.442. The fourth-order valence-corrected chi connectivity index (χ4v) is 4.18. The fraction of sp³-hybridized carbons (Fsp3) is 0.542. The number of hydrogen-bond donors (Lipinski definition) is 1. The number of phenolic OH excluding ortho intramolecular Hbond substituents is 1. The molecule has 1 N–H and O–H groups in total. The lowest BCUT2D eigenvalue weighted by Crippen LogP contribution is -2.18. The number of rotatable bonds is 5. The van der Waals surface area contributed by atoms with E-state index in [9.17, 15) is 9.90 Å². The number of thioether (sulfide) groups is 1. The Hall–Kier alpha value is -1.68. The molecule has 0 saturated heterocycles. The summed E-state index contributed by atoms with van der Waals surface area (Å²) in [6.07, 6.45) is 5.09. The van der Waals surface area contributed by atoms with Crippen LogP contribution in [0.1, 0.15) is 77.1 Å². The van der Waals surface area contributed by atoms with Gasteiger partial charge in [-0.05, 0) is 70.2 Å². The van der Waals surface area contributed by atoms with Crippen LogP contribution in [0.5, 0.6) is 5.75 Å². The summed E-state index contributed by atoms with van der Waals surface area (Å²) < 4.78 is 2.03. The van der Waals surface area contributed by atoms with Crippen LogP contribution in [0, 0.1) is 0 Å². The third kappa shape index (κ3) is 5.66. The maximum atomic E-state index is 11.4. The van der Waals surface area contributed by atoms with Gasteiger partial charge in [-0.3, -0.25) is 4.79 Å². The standard InChI is InChI=1S/C24H35NO2S/c1-16(26)28-21-14-18(15-25(21)8)11-9-10-17-12-19(23(2,3)4)22(27)20(13-17)24(5,6)7/h12-15,27H,9-11H2,1-8H3. The van der Waals surface area contributed by atoms with Gasteiger partial charge in [-0.1, -0.05) is 53.7 Å². The number of benzene rings is 1. The number of carbonyl (C=O) groups excluding carboxylic acids is 1. The van der Waals surface area contributed by atoms with E-state index in [4.69, 9.17) is 0 Å². The smallest absolute Gasteiger partial charge is 0.192 e. The molecular weight excluding hydrogens is 366 g/mol. The van der Waals surface area contributed by atoms with Crippen LogP contribution in [0.15, 0.2) is 29.4 Å². The highest BCUT2D eigenvalue weighted by Crippen LogP contribution is 2.40. The van der Waals surface area contributed by atoms with Gasteiger partial charge in [-0.2, -0.15) is 0 Å². The maximum absolute atomic E-state index is 11.4. The number of aromatic hydroxyl groups is 1. The molecule has 0 spiro atoms. The summed E-state index contributed by atoms with van der Waals surface area (Å²) in [4.78, 5) is 11.4. The van der Waals surface area contributed by atoms with Crippen LogP contribution in [-0.4, -0.2) is 14.8 Å². The zero-order valence-electron chi connectivity index (χ0n) is 18.6. The highest BCUT2D eigenvalue weighted by molar-refractivity contribution is 8.13. The molecule has 0 atom stereocenters. The van der Waals surface area contributed by atoms with Gasteiger partial charge >= 0.3 is 0 Å². The number of aromatic nitrogens is 1. The van der Waals surface area contributed by atoms with E-state index in [0.717, 1.165) is 35.4 Å². The van der Waals surface area contributed by atoms with Crippen molar-refractivity contribution < 1.29 is 9.90 Å². The predicted octanol–water partition coefficient (Wildman–Crippen LogP) is 6.14. The summed E-state index contributed by atoms with van der Waals surface area (Å²) in [6.45, 7) is 14.5. The summed E-state index contributed by atoms with van der Waals surface area (Å²) >= 11 is 1.28. The van der Waals surface area contributed by atoms with E-state index in [0.29, 0.717) is 5.75 Å². The molecule has 0 aliphatic carbocycles. The second-order valence-corrected chi connectivity index (χ2v) is 11.0. The first-order valence-electron chi connectivity index (χ1n) is 9.99. The average Bonchev–Trinajstić information content (AvgIpc) is 2.85. The normalized spacial score (nSPS) is 12.4. The second kappa shape index (κ2) is 8.36. The highest BCUT2D eigenvalue weighted by Gasteiger charge is 2.26. The monoisotopic (exact) mass is 401 g/mol. The first-order valence-corrected chi connectivity index (χ1v) is 10.8. The minimum absolute atomic E-state index is 0.0989. The summed E-state index contributed by atoms with van der Waals surface area (Å²) in [6, 6.07) is 6.46. The van der Waals surface area contributed by atoms with Crippen molar-refractivity contribution in [2.45, 2.75) is 83.6 Å². The van der Waals surface area contributed by atoms with E-state index in [1.807, 2.05) is 11.6 Å². The lowest BCUT2D eigenvalue weighted by atomic mass is 9.78. The number of aryl methyl sites for hydroxylation is 3. The molecule has 0 saturated carbocycles. The quantitative estimate of drug-likeness (QED) is 0.612. The molecule has 0 fully saturated rings. The molecule has 4 heteroatoms. The van der Waals surface area contributed by atoms with Crippen molar-refractivity contribution in [2.75, 3.05) is 0 Å². The van der Waals surface area contributed by atoms with Crippen molar-refractivity contribution in [3.8, 4) is 5.75 Å². The molecule has 0 radical (unpaired) electrons. The number of carbonyl (C=O) groups is 1. The van der Waals surface area contributed by atoms with Gasteiger partial charge < -0.3 is 9.67 Å². The average molecular weight is 402 g/mol. The van der Waals surface area contributed by atoms with Gasteiger partial charge in [0.1, 0.15) is 5.75 Å². The molecule has 2 aromatic rings. The van der Waals surface area contributed by atoms with Crippen LogP contribution < -0.4 is 0 Å². The third-order valence-corrected chi connectivity index (χ3v) is 5.88. The van der Waals surface area contributed by atoms with Crippen molar-refractivity contribution in [1.82, 2.24) is 4.57 Å². The predicted molar refractivity (Wildman–Crippen MR) is 119 cm³/mol. The Morgan fingerprint density at radius 2 is 1.46 bits per heavy atom. The topological polar surface area (TPSA) is 42.2 Å². The molecule has 0 aliphatic rings. The van der Waals surface area contributed by atoms with Gasteiger partial charge in [-0.25, -0.2) is 0 Å². The minimum Gasteiger partial charge on any atom is -0.507 e. The van der Waals surface area contributed by atoms with Gasteiger partial charge in [0.2, 0.25) is 0 Å². The Bertz CT molecular complexity index is 815. The molecule has 28 heavy (non-hydrogen) atoms. The van der Waals surface area contributed by atoms with Crippen LogP contribution in [-0.2, 0) is 35.5 Å². The number of nitrogens with zero attached hydrogens (tertiary/aromatic N) is 1. The Balaban J connectivity index is 2.19. The maximum Gasteiger partial charge on any atom is 0.192 e. The van der Waals surface area contributed by atoms with Crippen LogP contribution in [0.4, 0.5) is 0 Å². The molecule has 0 aliphatic heterocycles. The van der Waals surface area contributed by atoms with Gasteiger partial charge in [0.15, 0.2) is 5.12 Å². The van der Waals surface area contributed by atoms with Crippen LogP contribution >= 0.6 is 11.8 Å². The van der Waals surface area contributed by atoms with Gasteiger partial charge in [0, 0.05) is 20.2 Å². The SMILES string of the molecule is CC(=O)Sc1cc(CCCc2cc(C(C)(C)C)c(O)c(C(C)(C)C)c2)cn1C. The lowest BCUT2D eigenvalue weighted by molar-refractivity contribution is -0.109. The Morgan fingerprint density at radius 3 is 1.93 bits per heavy atom. The van der Waals surface area contributed by atoms with Crippen molar-refractivity contribution in [2.24, 2.45) is 7.05 Å². The number of phenols is 1. The van der Waals surface area contributed by atoms with Crippen molar-refractivity contribution in [1.29, 1.82) is 0 Å². The zero-order valence-corrected chi connectivity index (χ0v) is 19.5. The number of hydrogen-bond acceptors (Lipinski definition) is 3. The molecule has 0 amide bonds. The lowest BCUT2D eigenvalue weighted by Gasteiger charge is -2.28. The Labute approximate surface area is 174 Å². The third-order valence-electron chi connectivity index (χ3n) is 4.98. The molecule has 1 aromatic carbocycles. The molecule has 0 bridgehead atoms. The molecule has 3 nitrogen and oxygen atoms in total. The molecule has 154 valence electrons. The molecule has 1 aromatic heterocycles. The molecule has 0 unspecified atom stereocenters. The van der Waals surface area contributed by atoms with E-state index in [-0.39, 0.29) is 15.9 Å². The van der Waals surface area contributed by atoms with Crippen LogP contribution in [0.25, 0.3) is 0 Å². The first-order chi connectivity index (χ1) is 12.8. The van der Waals surface area contributed by atoms with Gasteiger partial charge in [0.05, 0.1) is 5.03 Å². The molecule has 1 heterocycles. The van der Waals surface area contributed by atoms with Gasteiger partial charge in [0.25, 0.3) is 0 Å². The van der Waals surface area contributed by atoms with Crippen molar-refractivity contribution >= 4 is 16.9 Å². The summed E-state index contributed by atoms with van der Waals surface area (Å²) in [5, 5.41) is 12.0. The Morgan fingerprint density at radius 1 is 0.964 bits per heavy atom. The van der Waals surface area contributed by atoms with E-state index < -0.39 is 0 Å². The van der Waals surface area contributed by atoms with E-state index in [2.05, 4.69) is 65.9 Å². The first kappa shape index (κ1) is 22.6. The van der Waals surface area contributed by atoms with Crippen LogP contribution in [0.3, 0.4) is 0 Å². The zero-order chi connectivity index (χ0) is 21.3. The van der Waals surface area contributed by atoms with Gasteiger partial charge in [-0.15, -0.1) is 0 Å². The Kier molecular flexibility index (Phi) is 6.75. The van der Waals surface area contributed by atoms with Crippen molar-refractivity contribution in [3.05, 3.63) is 46.6 Å². The second-order valence-electron chi connectivity index (χ2n) is 9.78. The van der Waals surface area contributed by atoms with E-state index >= 15 is 0 Å². The molecular formula is C24H35NO2S. The largest absolute Gasteiger partial charge is 0.507 e. The van der Waals surface area contributed by atoms with E-state index in [1.165, 1.54) is 22.9 Å². The minimum atomic E-state index is -0.0989. The van der Waals surface area contributed by atoms with Crippen LogP contribution in [0.2, 0.25) is 0 Å². The molecule has 2 rings (SSSR count). The summed E-state index contributed by atoms with van der Waals surface area (Å²) in [5.41, 5.74) is 4.39. The van der Waals surface area contributed by atoms with Crippen molar-refractivity contribution in [3.63, 3.8) is 0 Å². The van der Waals surface area contributed by atoms with E-state index in [1.54, 1.807) is 6.92 Å². The summed E-state index contributed by atoms with van der Waals surface area (Å²) in [7, 11) is 1.99.